The van der Waals surface area contributed by atoms with Crippen LogP contribution in [0.5, 0.6) is 0 Å². The lowest BCUT2D eigenvalue weighted by Gasteiger charge is -2.24. The van der Waals surface area contributed by atoms with Crippen molar-refractivity contribution >= 4 is 57.1 Å². The van der Waals surface area contributed by atoms with Crippen LogP contribution < -0.4 is 16.4 Å². The molecule has 49 heavy (non-hydrogen) atoms. The second-order valence-corrected chi connectivity index (χ2v) is 13.8. The van der Waals surface area contributed by atoms with E-state index in [9.17, 15) is 0 Å². The van der Waals surface area contributed by atoms with Gasteiger partial charge in [-0.3, -0.25) is 0 Å². The molecule has 0 bridgehead atoms. The summed E-state index contributed by atoms with van der Waals surface area (Å²) in [5, 5.41) is 2.57. The first kappa shape index (κ1) is 29.3. The highest BCUT2D eigenvalue weighted by atomic mass is 15.0. The number of nitrogens with zero attached hydrogens (tertiary/aromatic N) is 1. The van der Waals surface area contributed by atoms with E-state index in [0.717, 1.165) is 0 Å². The zero-order valence-corrected chi connectivity index (χ0v) is 27.8. The van der Waals surface area contributed by atoms with Gasteiger partial charge in [0, 0.05) is 21.9 Å². The molecule has 0 fully saturated rings. The summed E-state index contributed by atoms with van der Waals surface area (Å²) in [6.07, 6.45) is 4.48. The summed E-state index contributed by atoms with van der Waals surface area (Å²) in [6.45, 7) is 4.94. The van der Waals surface area contributed by atoms with E-state index >= 15 is 0 Å². The van der Waals surface area contributed by atoms with E-state index in [1.165, 1.54) is 77.3 Å². The lowest BCUT2D eigenvalue weighted by molar-refractivity contribution is 0.660. The highest BCUT2D eigenvalue weighted by Gasteiger charge is 2.36. The van der Waals surface area contributed by atoms with Gasteiger partial charge in [0.05, 0.1) is 11.0 Å². The third-order valence-corrected chi connectivity index (χ3v) is 10.5. The Labute approximate surface area is 288 Å². The monoisotopic (exact) mass is 625 g/mol. The van der Waals surface area contributed by atoms with Crippen molar-refractivity contribution < 1.29 is 0 Å². The van der Waals surface area contributed by atoms with Crippen molar-refractivity contribution in [2.45, 2.75) is 19.3 Å². The third-order valence-electron chi connectivity index (χ3n) is 10.5. The quantitative estimate of drug-likeness (QED) is 0.128. The molecule has 1 aliphatic carbocycles. The summed E-state index contributed by atoms with van der Waals surface area (Å²) < 4.78 is 2.37. The first-order valence-corrected chi connectivity index (χ1v) is 17.2. The van der Waals surface area contributed by atoms with Gasteiger partial charge in [0.25, 0.3) is 0 Å². The van der Waals surface area contributed by atoms with Gasteiger partial charge in [0.15, 0.2) is 0 Å². The Morgan fingerprint density at radius 1 is 0.449 bits per heavy atom. The molecule has 0 unspecified atom stereocenters. The van der Waals surface area contributed by atoms with Crippen LogP contribution in [0.3, 0.4) is 0 Å². The molecule has 1 aromatic heterocycles. The number of benzene rings is 7. The van der Waals surface area contributed by atoms with E-state index in [1.54, 1.807) is 0 Å². The van der Waals surface area contributed by atoms with Crippen LogP contribution in [0.15, 0.2) is 170 Å². The number of hydrogen-bond donors (Lipinski definition) is 0. The second kappa shape index (κ2) is 11.7. The van der Waals surface area contributed by atoms with Crippen LogP contribution in [0.2, 0.25) is 0 Å². The van der Waals surface area contributed by atoms with Gasteiger partial charge in [-0.05, 0) is 57.6 Å². The van der Waals surface area contributed by atoms with Gasteiger partial charge in [-0.15, -0.1) is 0 Å². The smallest absolute Gasteiger partial charge is 0.241 e. The predicted molar refractivity (Wildman–Crippen MR) is 211 cm³/mol. The van der Waals surface area contributed by atoms with Crippen LogP contribution >= 0.6 is 0 Å². The number of rotatable bonds is 6. The molecule has 1 aliphatic rings. The molecule has 2 heteroatoms. The standard InChI is InChI=1S/C47H36BN/c1-47(2)43-31-34(22-21-33-23-27-38(28-24-33)49-45-19-11-9-17-41(45)42-18-10-12-20-46(42)49)25-29-39(43)40-30-26-37(32-44(40)47)48(35-13-5-3-6-14-35)36-15-7-4-8-16-36/h3-32H,1-2H3/b22-21+. The lowest BCUT2D eigenvalue weighted by Crippen LogP contribution is -2.52. The minimum atomic E-state index is -0.105. The fourth-order valence-electron chi connectivity index (χ4n) is 8.05. The molecule has 1 nitrogen and oxygen atoms in total. The summed E-state index contributed by atoms with van der Waals surface area (Å²) in [7, 11) is 0. The molecular weight excluding hydrogens is 589 g/mol. The van der Waals surface area contributed by atoms with Crippen molar-refractivity contribution in [1.82, 2.24) is 4.57 Å². The maximum Gasteiger partial charge on any atom is 0.241 e. The SMILES string of the molecule is CC1(C)c2cc(/C=C/c3ccc(-n4c5ccccc5c5ccccc54)cc3)ccc2-c2ccc(B(c3ccccc3)c3ccccc3)cc21. The van der Waals surface area contributed by atoms with E-state index in [1.807, 2.05) is 0 Å². The van der Waals surface area contributed by atoms with Crippen molar-refractivity contribution in [2.75, 3.05) is 0 Å². The van der Waals surface area contributed by atoms with Crippen LogP contribution in [0.25, 0.3) is 50.8 Å². The Hall–Kier alpha value is -5.86. The van der Waals surface area contributed by atoms with Crippen LogP contribution in [-0.4, -0.2) is 11.3 Å². The third kappa shape index (κ3) is 4.95. The van der Waals surface area contributed by atoms with Crippen molar-refractivity contribution in [3.05, 3.63) is 192 Å². The largest absolute Gasteiger partial charge is 0.309 e. The molecule has 0 spiro atoms. The van der Waals surface area contributed by atoms with Crippen LogP contribution in [0, 0.1) is 0 Å². The maximum atomic E-state index is 2.47. The fraction of sp³-hybridized carbons (Fsp3) is 0.0638. The van der Waals surface area contributed by atoms with E-state index in [-0.39, 0.29) is 12.1 Å². The molecule has 0 aliphatic heterocycles. The molecule has 1 heterocycles. The molecule has 0 saturated carbocycles. The maximum absolute atomic E-state index is 2.47. The average molecular weight is 626 g/mol. The molecule has 8 aromatic rings. The second-order valence-electron chi connectivity index (χ2n) is 13.8. The zero-order valence-electron chi connectivity index (χ0n) is 27.8. The zero-order chi connectivity index (χ0) is 33.0. The van der Waals surface area contributed by atoms with Gasteiger partial charge in [-0.2, -0.15) is 0 Å². The van der Waals surface area contributed by atoms with Crippen molar-refractivity contribution in [1.29, 1.82) is 0 Å². The van der Waals surface area contributed by atoms with Gasteiger partial charge < -0.3 is 4.57 Å². The molecule has 9 rings (SSSR count). The number of fused-ring (bicyclic) bond motifs is 6. The van der Waals surface area contributed by atoms with Gasteiger partial charge in [-0.1, -0.05) is 188 Å². The molecule has 0 saturated heterocycles. The molecule has 232 valence electrons. The summed E-state index contributed by atoms with van der Waals surface area (Å²) in [6, 6.07) is 62.2. The molecule has 0 amide bonds. The average Bonchev–Trinajstić information content (AvgIpc) is 3.60. The van der Waals surface area contributed by atoms with E-state index in [2.05, 4.69) is 200 Å². The Kier molecular flexibility index (Phi) is 6.99. The van der Waals surface area contributed by atoms with Crippen molar-refractivity contribution in [2.24, 2.45) is 0 Å². The van der Waals surface area contributed by atoms with Crippen LogP contribution in [0.4, 0.5) is 0 Å². The van der Waals surface area contributed by atoms with E-state index in [0.29, 0.717) is 0 Å². The van der Waals surface area contributed by atoms with Crippen LogP contribution in [-0.2, 0) is 5.41 Å². The summed E-state index contributed by atoms with van der Waals surface area (Å²) >= 11 is 0. The summed E-state index contributed by atoms with van der Waals surface area (Å²) in [5.74, 6) is 0. The van der Waals surface area contributed by atoms with Gasteiger partial charge in [0.1, 0.15) is 0 Å². The molecule has 7 aromatic carbocycles. The molecule has 0 atom stereocenters. The Balaban J connectivity index is 1.02. The Morgan fingerprint density at radius 3 is 1.55 bits per heavy atom. The molecular formula is C47H36BN. The Morgan fingerprint density at radius 2 is 0.939 bits per heavy atom. The van der Waals surface area contributed by atoms with E-state index in [4.69, 9.17) is 0 Å². The first-order chi connectivity index (χ1) is 24.1. The minimum absolute atomic E-state index is 0.105. The van der Waals surface area contributed by atoms with E-state index < -0.39 is 0 Å². The van der Waals surface area contributed by atoms with Crippen molar-refractivity contribution in [3.8, 4) is 16.8 Å². The van der Waals surface area contributed by atoms with Gasteiger partial charge in [0.2, 0.25) is 6.71 Å². The summed E-state index contributed by atoms with van der Waals surface area (Å²) in [5.41, 5.74) is 15.4. The number of aromatic nitrogens is 1. The highest BCUT2D eigenvalue weighted by molar-refractivity contribution is 6.95. The predicted octanol–water partition coefficient (Wildman–Crippen LogP) is 9.78. The topological polar surface area (TPSA) is 4.93 Å². The molecule has 0 N–H and O–H groups in total. The lowest BCUT2D eigenvalue weighted by atomic mass is 9.36. The van der Waals surface area contributed by atoms with Gasteiger partial charge in [-0.25, -0.2) is 0 Å². The summed E-state index contributed by atoms with van der Waals surface area (Å²) in [4.78, 5) is 0. The normalized spacial score (nSPS) is 13.2. The Bertz CT molecular complexity index is 2410. The van der Waals surface area contributed by atoms with Crippen LogP contribution in [0.1, 0.15) is 36.1 Å². The number of hydrogen-bond acceptors (Lipinski definition) is 0. The molecule has 0 radical (unpaired) electrons. The van der Waals surface area contributed by atoms with Crippen molar-refractivity contribution in [3.63, 3.8) is 0 Å². The fourth-order valence-corrected chi connectivity index (χ4v) is 8.05. The van der Waals surface area contributed by atoms with Gasteiger partial charge >= 0.3 is 0 Å². The highest BCUT2D eigenvalue weighted by Crippen LogP contribution is 2.48. The minimum Gasteiger partial charge on any atom is -0.309 e. The number of para-hydroxylation sites is 2. The first-order valence-electron chi connectivity index (χ1n) is 17.2.